The Labute approximate surface area is 153 Å². The van der Waals surface area contributed by atoms with Gasteiger partial charge in [-0.3, -0.25) is 4.90 Å². The van der Waals surface area contributed by atoms with Gasteiger partial charge in [-0.1, -0.05) is 48.5 Å². The largest absolute Gasteiger partial charge is 0.388 e. The van der Waals surface area contributed by atoms with E-state index in [-0.39, 0.29) is 6.10 Å². The fraction of sp³-hybridized carbons (Fsp3) is 0.333. The van der Waals surface area contributed by atoms with Gasteiger partial charge in [-0.2, -0.15) is 15.0 Å². The second-order valence-corrected chi connectivity index (χ2v) is 6.93. The fourth-order valence-corrected chi connectivity index (χ4v) is 3.63. The van der Waals surface area contributed by atoms with E-state index in [0.29, 0.717) is 5.92 Å². The van der Waals surface area contributed by atoms with Gasteiger partial charge in [-0.05, 0) is 49.5 Å². The zero-order chi connectivity index (χ0) is 17.8. The van der Waals surface area contributed by atoms with Crippen LogP contribution >= 0.6 is 0 Å². The first-order chi connectivity index (χ1) is 12.8. The van der Waals surface area contributed by atoms with Crippen molar-refractivity contribution in [1.82, 2.24) is 19.9 Å². The smallest absolute Gasteiger partial charge is 0.0971 e. The number of aromatic nitrogens is 3. The SMILES string of the molecule is OC(c1ccccc1)C1CCN(Cc2cnn(-c3ccccc3)n2)CC1. The van der Waals surface area contributed by atoms with Gasteiger partial charge in [0, 0.05) is 6.54 Å². The first kappa shape index (κ1) is 16.9. The summed E-state index contributed by atoms with van der Waals surface area (Å²) in [6.07, 6.45) is 3.49. The minimum absolute atomic E-state index is 0.327. The maximum atomic E-state index is 10.6. The minimum Gasteiger partial charge on any atom is -0.388 e. The summed E-state index contributed by atoms with van der Waals surface area (Å²) in [5.74, 6) is 0.327. The highest BCUT2D eigenvalue weighted by molar-refractivity contribution is 5.28. The molecule has 1 aliphatic rings. The van der Waals surface area contributed by atoms with Crippen molar-refractivity contribution < 1.29 is 5.11 Å². The normalized spacial score (nSPS) is 17.3. The summed E-state index contributed by atoms with van der Waals surface area (Å²) >= 11 is 0. The quantitative estimate of drug-likeness (QED) is 0.769. The van der Waals surface area contributed by atoms with Gasteiger partial charge in [-0.25, -0.2) is 0 Å². The molecule has 0 spiro atoms. The van der Waals surface area contributed by atoms with Crippen LogP contribution in [0.25, 0.3) is 5.69 Å². The van der Waals surface area contributed by atoms with Gasteiger partial charge in [0.2, 0.25) is 0 Å². The van der Waals surface area contributed by atoms with Crippen LogP contribution in [0.3, 0.4) is 0 Å². The summed E-state index contributed by atoms with van der Waals surface area (Å²) in [6.45, 7) is 2.76. The van der Waals surface area contributed by atoms with Crippen LogP contribution in [-0.2, 0) is 6.54 Å². The highest BCUT2D eigenvalue weighted by atomic mass is 16.3. The average Bonchev–Trinajstić information content (AvgIpc) is 3.18. The molecular weight excluding hydrogens is 324 g/mol. The first-order valence-corrected chi connectivity index (χ1v) is 9.21. The molecule has 5 heteroatoms. The lowest BCUT2D eigenvalue weighted by atomic mass is 9.87. The molecule has 1 aromatic heterocycles. The number of nitrogens with zero attached hydrogens (tertiary/aromatic N) is 4. The second-order valence-electron chi connectivity index (χ2n) is 6.93. The van der Waals surface area contributed by atoms with E-state index >= 15 is 0 Å². The number of aliphatic hydroxyl groups is 1. The molecule has 0 amide bonds. The molecule has 26 heavy (non-hydrogen) atoms. The van der Waals surface area contributed by atoms with Gasteiger partial charge in [0.15, 0.2) is 0 Å². The molecule has 0 saturated carbocycles. The topological polar surface area (TPSA) is 54.2 Å². The first-order valence-electron chi connectivity index (χ1n) is 9.21. The third-order valence-electron chi connectivity index (χ3n) is 5.13. The van der Waals surface area contributed by atoms with Crippen molar-refractivity contribution in [3.63, 3.8) is 0 Å². The van der Waals surface area contributed by atoms with Crippen molar-refractivity contribution in [2.24, 2.45) is 5.92 Å². The van der Waals surface area contributed by atoms with E-state index in [9.17, 15) is 5.11 Å². The Balaban J connectivity index is 1.32. The van der Waals surface area contributed by atoms with Crippen molar-refractivity contribution in [2.45, 2.75) is 25.5 Å². The molecule has 3 aromatic rings. The molecule has 5 nitrogen and oxygen atoms in total. The maximum Gasteiger partial charge on any atom is 0.0971 e. The fourth-order valence-electron chi connectivity index (χ4n) is 3.63. The van der Waals surface area contributed by atoms with E-state index in [1.165, 1.54) is 0 Å². The van der Waals surface area contributed by atoms with E-state index in [1.54, 1.807) is 4.80 Å². The highest BCUT2D eigenvalue weighted by Gasteiger charge is 2.26. The minimum atomic E-state index is -0.364. The Hall–Kier alpha value is -2.50. The van der Waals surface area contributed by atoms with Crippen LogP contribution in [0.15, 0.2) is 66.9 Å². The summed E-state index contributed by atoms with van der Waals surface area (Å²) < 4.78 is 0. The summed E-state index contributed by atoms with van der Waals surface area (Å²) in [4.78, 5) is 4.08. The van der Waals surface area contributed by atoms with Crippen molar-refractivity contribution in [1.29, 1.82) is 0 Å². The van der Waals surface area contributed by atoms with Crippen LogP contribution in [0.5, 0.6) is 0 Å². The predicted octanol–water partition coefficient (Wildman–Crippen LogP) is 3.21. The van der Waals surface area contributed by atoms with E-state index in [1.807, 2.05) is 66.9 Å². The standard InChI is InChI=1S/C21H24N4O/c26-21(17-7-3-1-4-8-17)18-11-13-24(14-12-18)16-19-15-22-25(23-19)20-9-5-2-6-10-20/h1-10,15,18,21,26H,11-14,16H2. The van der Waals surface area contributed by atoms with Crippen LogP contribution in [-0.4, -0.2) is 38.1 Å². The highest BCUT2D eigenvalue weighted by Crippen LogP contribution is 2.30. The number of aliphatic hydroxyl groups excluding tert-OH is 1. The number of hydrogen-bond donors (Lipinski definition) is 1. The lowest BCUT2D eigenvalue weighted by Crippen LogP contribution is -2.35. The number of piperidine rings is 1. The van der Waals surface area contributed by atoms with Crippen molar-refractivity contribution in [3.05, 3.63) is 78.1 Å². The number of benzene rings is 2. The molecule has 0 bridgehead atoms. The zero-order valence-electron chi connectivity index (χ0n) is 14.8. The van der Waals surface area contributed by atoms with Crippen molar-refractivity contribution in [2.75, 3.05) is 13.1 Å². The van der Waals surface area contributed by atoms with Gasteiger partial charge >= 0.3 is 0 Å². The molecule has 1 unspecified atom stereocenters. The van der Waals surface area contributed by atoms with Gasteiger partial charge in [0.25, 0.3) is 0 Å². The molecule has 2 heterocycles. The third-order valence-corrected chi connectivity index (χ3v) is 5.13. The van der Waals surface area contributed by atoms with Gasteiger partial charge in [-0.15, -0.1) is 0 Å². The number of para-hydroxylation sites is 1. The van der Waals surface area contributed by atoms with Gasteiger partial charge < -0.3 is 5.11 Å². The Bertz CT molecular complexity index is 810. The Morgan fingerprint density at radius 3 is 2.31 bits per heavy atom. The molecule has 1 atom stereocenters. The summed E-state index contributed by atoms with van der Waals surface area (Å²) in [5, 5.41) is 19.6. The monoisotopic (exact) mass is 348 g/mol. The zero-order valence-corrected chi connectivity index (χ0v) is 14.8. The number of likely N-dealkylation sites (tertiary alicyclic amines) is 1. The van der Waals surface area contributed by atoms with E-state index in [4.69, 9.17) is 0 Å². The van der Waals surface area contributed by atoms with Crippen LogP contribution < -0.4 is 0 Å². The molecule has 4 rings (SSSR count). The molecule has 1 fully saturated rings. The molecule has 1 N–H and O–H groups in total. The van der Waals surface area contributed by atoms with Gasteiger partial charge in [0.1, 0.15) is 0 Å². The Morgan fingerprint density at radius 1 is 0.962 bits per heavy atom. The molecule has 1 aliphatic heterocycles. The van der Waals surface area contributed by atoms with E-state index < -0.39 is 0 Å². The molecule has 1 saturated heterocycles. The lowest BCUT2D eigenvalue weighted by Gasteiger charge is -2.33. The molecule has 2 aromatic carbocycles. The van der Waals surface area contributed by atoms with Crippen LogP contribution in [0.4, 0.5) is 0 Å². The lowest BCUT2D eigenvalue weighted by molar-refractivity contribution is 0.0564. The van der Waals surface area contributed by atoms with E-state index in [2.05, 4.69) is 15.1 Å². The van der Waals surface area contributed by atoms with Gasteiger partial charge in [0.05, 0.1) is 23.7 Å². The second kappa shape index (κ2) is 7.81. The summed E-state index contributed by atoms with van der Waals surface area (Å²) in [6, 6.07) is 20.0. The number of rotatable bonds is 5. The van der Waals surface area contributed by atoms with Crippen molar-refractivity contribution >= 4 is 0 Å². The molecular formula is C21H24N4O. The van der Waals surface area contributed by atoms with Crippen molar-refractivity contribution in [3.8, 4) is 5.69 Å². The molecule has 0 radical (unpaired) electrons. The summed E-state index contributed by atoms with van der Waals surface area (Å²) in [7, 11) is 0. The maximum absolute atomic E-state index is 10.6. The molecule has 134 valence electrons. The summed E-state index contributed by atoms with van der Waals surface area (Å²) in [5.41, 5.74) is 2.98. The Kier molecular flexibility index (Phi) is 5.09. The Morgan fingerprint density at radius 2 is 1.62 bits per heavy atom. The van der Waals surface area contributed by atoms with E-state index in [0.717, 1.165) is 49.4 Å². The van der Waals surface area contributed by atoms with Crippen LogP contribution in [0, 0.1) is 5.92 Å². The molecule has 0 aliphatic carbocycles. The predicted molar refractivity (Wildman–Crippen MR) is 101 cm³/mol. The average molecular weight is 348 g/mol. The van der Waals surface area contributed by atoms with Crippen LogP contribution in [0.2, 0.25) is 0 Å². The van der Waals surface area contributed by atoms with Crippen LogP contribution in [0.1, 0.15) is 30.2 Å². The third kappa shape index (κ3) is 3.84. The number of hydrogen-bond acceptors (Lipinski definition) is 4.